The molecule has 0 spiro atoms. The van der Waals surface area contributed by atoms with Crippen molar-refractivity contribution in [3.63, 3.8) is 0 Å². The highest BCUT2D eigenvalue weighted by Crippen LogP contribution is 2.63. The van der Waals surface area contributed by atoms with Crippen LogP contribution in [0.1, 0.15) is 72.1 Å². The quantitative estimate of drug-likeness (QED) is 0.657. The van der Waals surface area contributed by atoms with Crippen LogP contribution in [0.5, 0.6) is 0 Å². The second kappa shape index (κ2) is 6.08. The molecule has 4 aliphatic carbocycles. The molecule has 0 N–H and O–H groups in total. The molecule has 4 rings (SSSR count). The van der Waals surface area contributed by atoms with Gasteiger partial charge >= 0.3 is 5.97 Å². The van der Waals surface area contributed by atoms with Crippen LogP contribution in [0.25, 0.3) is 0 Å². The smallest absolute Gasteiger partial charge is 0.303 e. The molecule has 8 atom stereocenters. The summed E-state index contributed by atoms with van der Waals surface area (Å²) < 4.78 is 5.66. The van der Waals surface area contributed by atoms with Crippen LogP contribution in [0.2, 0.25) is 0 Å². The number of Topliss-reactive ketones (excluding diaryl/α,β-unsaturated/α-hetero) is 1. The second-order valence-electron chi connectivity index (χ2n) is 9.89. The van der Waals surface area contributed by atoms with E-state index in [2.05, 4.69) is 19.9 Å². The zero-order valence-corrected chi connectivity index (χ0v) is 16.3. The molecule has 4 saturated carbocycles. The molecule has 142 valence electrons. The molecule has 4 heteroatoms. The molecular weight excluding hydrogens is 326 g/mol. The summed E-state index contributed by atoms with van der Waals surface area (Å²) in [5, 5.41) is 9.56. The van der Waals surface area contributed by atoms with Gasteiger partial charge in [0.1, 0.15) is 11.4 Å². The number of carbonyl (C=O) groups excluding carboxylic acids is 2. The number of ether oxygens (including phenoxy) is 1. The van der Waals surface area contributed by atoms with Gasteiger partial charge in [0.2, 0.25) is 0 Å². The molecule has 4 fully saturated rings. The summed E-state index contributed by atoms with van der Waals surface area (Å²) in [6, 6.07) is 2.45. The van der Waals surface area contributed by atoms with Crippen LogP contribution < -0.4 is 0 Å². The summed E-state index contributed by atoms with van der Waals surface area (Å²) >= 11 is 0. The molecule has 0 aromatic rings. The Balaban J connectivity index is 1.55. The molecule has 4 aliphatic rings. The first-order valence-electron chi connectivity index (χ1n) is 10.4. The van der Waals surface area contributed by atoms with Gasteiger partial charge < -0.3 is 4.74 Å². The van der Waals surface area contributed by atoms with Gasteiger partial charge in [0.15, 0.2) is 0 Å². The van der Waals surface area contributed by atoms with Crippen molar-refractivity contribution in [2.45, 2.75) is 77.7 Å². The number of rotatable bonds is 1. The normalized spacial score (nSPS) is 50.2. The van der Waals surface area contributed by atoms with Gasteiger partial charge in [-0.3, -0.25) is 9.59 Å². The Bertz CT molecular complexity index is 667. The Hall–Kier alpha value is -1.37. The molecule has 0 heterocycles. The van der Waals surface area contributed by atoms with E-state index in [9.17, 15) is 14.9 Å². The monoisotopic (exact) mass is 357 g/mol. The minimum Gasteiger partial charge on any atom is -0.460 e. The number of fused-ring (bicyclic) bond motifs is 5. The fourth-order valence-electron chi connectivity index (χ4n) is 7.47. The van der Waals surface area contributed by atoms with Crippen molar-refractivity contribution >= 4 is 11.8 Å². The van der Waals surface area contributed by atoms with Crippen molar-refractivity contribution < 1.29 is 14.3 Å². The predicted molar refractivity (Wildman–Crippen MR) is 96.8 cm³/mol. The van der Waals surface area contributed by atoms with Crippen LogP contribution in [0.4, 0.5) is 0 Å². The van der Waals surface area contributed by atoms with Crippen LogP contribution in [0.15, 0.2) is 0 Å². The third-order valence-electron chi connectivity index (χ3n) is 8.62. The first kappa shape index (κ1) is 18.0. The maximum Gasteiger partial charge on any atom is 0.303 e. The first-order chi connectivity index (χ1) is 12.3. The molecule has 0 aromatic carbocycles. The van der Waals surface area contributed by atoms with Gasteiger partial charge in [0, 0.05) is 18.8 Å². The topological polar surface area (TPSA) is 67.2 Å². The van der Waals surface area contributed by atoms with E-state index in [-0.39, 0.29) is 17.5 Å². The van der Waals surface area contributed by atoms with E-state index in [1.54, 1.807) is 0 Å². The van der Waals surface area contributed by atoms with Crippen molar-refractivity contribution in [1.29, 1.82) is 5.26 Å². The number of nitriles is 1. The van der Waals surface area contributed by atoms with Crippen LogP contribution in [0, 0.1) is 52.3 Å². The van der Waals surface area contributed by atoms with Crippen molar-refractivity contribution in [3.05, 3.63) is 0 Å². The van der Waals surface area contributed by atoms with Gasteiger partial charge in [-0.25, -0.2) is 0 Å². The molecule has 0 aliphatic heterocycles. The number of ketones is 1. The van der Waals surface area contributed by atoms with Crippen molar-refractivity contribution in [1.82, 2.24) is 0 Å². The first-order valence-corrected chi connectivity index (χ1v) is 10.4. The van der Waals surface area contributed by atoms with Crippen LogP contribution in [-0.2, 0) is 14.3 Å². The number of hydrogen-bond acceptors (Lipinski definition) is 4. The average Bonchev–Trinajstić information content (AvgIpc) is 2.92. The minimum atomic E-state index is -0.399. The number of carbonyl (C=O) groups is 2. The van der Waals surface area contributed by atoms with E-state index in [0.29, 0.717) is 41.8 Å². The van der Waals surface area contributed by atoms with Gasteiger partial charge in [0.05, 0.1) is 12.0 Å². The largest absolute Gasteiger partial charge is 0.460 e. The molecule has 1 unspecified atom stereocenters. The number of esters is 1. The molecule has 4 nitrogen and oxygen atoms in total. The van der Waals surface area contributed by atoms with Gasteiger partial charge in [-0.1, -0.05) is 6.92 Å². The van der Waals surface area contributed by atoms with E-state index in [0.717, 1.165) is 32.1 Å². The van der Waals surface area contributed by atoms with Crippen molar-refractivity contribution in [3.8, 4) is 6.07 Å². The standard InChI is InChI=1S/C22H31NO3/c1-13(24)26-21(2)9-8-16-14(11-21)4-6-17-18(16)10-20(25)22(3)15(12-23)5-7-19(17)22/h14-19H,4-11H2,1-3H3/t14-,15?,16+,17-,18-,19+,21-,22-/m1/s1. The second-order valence-corrected chi connectivity index (χ2v) is 9.89. The van der Waals surface area contributed by atoms with E-state index in [1.165, 1.54) is 19.8 Å². The molecular formula is C22H31NO3. The minimum absolute atomic E-state index is 0.0858. The zero-order valence-electron chi connectivity index (χ0n) is 16.3. The van der Waals surface area contributed by atoms with Gasteiger partial charge in [-0.15, -0.1) is 0 Å². The Morgan fingerprint density at radius 3 is 2.58 bits per heavy atom. The Morgan fingerprint density at radius 2 is 1.88 bits per heavy atom. The lowest BCUT2D eigenvalue weighted by molar-refractivity contribution is -0.167. The summed E-state index contributed by atoms with van der Waals surface area (Å²) in [7, 11) is 0. The van der Waals surface area contributed by atoms with E-state index >= 15 is 0 Å². The Labute approximate surface area is 156 Å². The molecule has 26 heavy (non-hydrogen) atoms. The third-order valence-corrected chi connectivity index (χ3v) is 8.62. The highest BCUT2D eigenvalue weighted by Gasteiger charge is 2.61. The fourth-order valence-corrected chi connectivity index (χ4v) is 7.47. The average molecular weight is 357 g/mol. The van der Waals surface area contributed by atoms with Crippen LogP contribution in [0.3, 0.4) is 0 Å². The third kappa shape index (κ3) is 2.53. The summed E-state index contributed by atoms with van der Waals surface area (Å²) in [6.45, 7) is 5.66. The molecule has 0 amide bonds. The highest BCUT2D eigenvalue weighted by atomic mass is 16.6. The van der Waals surface area contributed by atoms with E-state index in [4.69, 9.17) is 4.74 Å². The van der Waals surface area contributed by atoms with Crippen LogP contribution >= 0.6 is 0 Å². The number of hydrogen-bond donors (Lipinski definition) is 0. The predicted octanol–water partition coefficient (Wildman–Crippen LogP) is 4.28. The maximum atomic E-state index is 13.1. The zero-order chi connectivity index (χ0) is 18.7. The fraction of sp³-hybridized carbons (Fsp3) is 0.864. The maximum absolute atomic E-state index is 13.1. The van der Waals surface area contributed by atoms with Crippen LogP contribution in [-0.4, -0.2) is 17.4 Å². The number of nitrogens with zero attached hydrogens (tertiary/aromatic N) is 1. The molecule has 0 aromatic heterocycles. The lowest BCUT2D eigenvalue weighted by Crippen LogP contribution is -2.54. The van der Waals surface area contributed by atoms with E-state index < -0.39 is 5.41 Å². The van der Waals surface area contributed by atoms with Gasteiger partial charge in [-0.2, -0.15) is 5.26 Å². The van der Waals surface area contributed by atoms with Gasteiger partial charge in [0.25, 0.3) is 0 Å². The van der Waals surface area contributed by atoms with Gasteiger partial charge in [-0.05, 0) is 81.5 Å². The summed E-state index contributed by atoms with van der Waals surface area (Å²) in [4.78, 5) is 24.6. The summed E-state index contributed by atoms with van der Waals surface area (Å²) in [5.74, 6) is 2.73. The van der Waals surface area contributed by atoms with Crippen molar-refractivity contribution in [2.75, 3.05) is 0 Å². The highest BCUT2D eigenvalue weighted by molar-refractivity contribution is 5.87. The van der Waals surface area contributed by atoms with E-state index in [1.807, 2.05) is 0 Å². The Morgan fingerprint density at radius 1 is 1.12 bits per heavy atom. The lowest BCUT2D eigenvalue weighted by atomic mass is 9.48. The molecule has 0 radical (unpaired) electrons. The van der Waals surface area contributed by atoms with Crippen molar-refractivity contribution in [2.24, 2.45) is 40.9 Å². The summed E-state index contributed by atoms with van der Waals surface area (Å²) in [5.41, 5.74) is -0.726. The SMILES string of the molecule is CC(=O)O[C@]1(C)CC[C@H]2[C@H](CC[C@@H]3[C@@H]2CC(=O)[C@]2(C)C(C#N)CC[C@@H]32)C1. The lowest BCUT2D eigenvalue weighted by Gasteiger charge is -2.56. The molecule has 0 saturated heterocycles. The molecule has 0 bridgehead atoms. The summed E-state index contributed by atoms with van der Waals surface area (Å²) in [6.07, 6.45) is 7.88. The Kier molecular flexibility index (Phi) is 4.21.